The molecule has 0 atom stereocenters. The van der Waals surface area contributed by atoms with Gasteiger partial charge in [-0.05, 0) is 44.2 Å². The summed E-state index contributed by atoms with van der Waals surface area (Å²) in [5, 5.41) is 9.43. The molecule has 1 aliphatic heterocycles. The van der Waals surface area contributed by atoms with Crippen LogP contribution in [0.2, 0.25) is 0 Å². The van der Waals surface area contributed by atoms with Crippen LogP contribution in [0.25, 0.3) is 0 Å². The molecular formula is C20H19F3N4O. The van der Waals surface area contributed by atoms with Crippen molar-refractivity contribution >= 4 is 11.6 Å². The van der Waals surface area contributed by atoms with E-state index in [2.05, 4.69) is 11.1 Å². The fourth-order valence-electron chi connectivity index (χ4n) is 3.33. The Labute approximate surface area is 161 Å². The molecule has 0 bridgehead atoms. The lowest BCUT2D eigenvalue weighted by Crippen LogP contribution is -2.49. The minimum atomic E-state index is -4.42. The Morgan fingerprint density at radius 2 is 1.71 bits per heavy atom. The highest BCUT2D eigenvalue weighted by Crippen LogP contribution is 2.29. The molecule has 0 saturated carbocycles. The van der Waals surface area contributed by atoms with Gasteiger partial charge in [0, 0.05) is 37.4 Å². The first-order valence-corrected chi connectivity index (χ1v) is 8.80. The van der Waals surface area contributed by atoms with Crippen molar-refractivity contribution in [1.82, 2.24) is 9.88 Å². The number of halogens is 3. The van der Waals surface area contributed by atoms with Crippen LogP contribution in [-0.2, 0) is 6.18 Å². The first kappa shape index (κ1) is 19.7. The van der Waals surface area contributed by atoms with Gasteiger partial charge in [0.25, 0.3) is 5.91 Å². The zero-order valence-electron chi connectivity index (χ0n) is 15.5. The monoisotopic (exact) mass is 388 g/mol. The van der Waals surface area contributed by atoms with Crippen LogP contribution in [0.15, 0.2) is 30.3 Å². The van der Waals surface area contributed by atoms with Gasteiger partial charge in [0.15, 0.2) is 0 Å². The number of rotatable bonds is 2. The minimum Gasteiger partial charge on any atom is -0.367 e. The first-order valence-electron chi connectivity index (χ1n) is 8.80. The average molecular weight is 388 g/mol. The van der Waals surface area contributed by atoms with Crippen molar-refractivity contribution < 1.29 is 18.0 Å². The highest BCUT2D eigenvalue weighted by Gasteiger charge is 2.31. The summed E-state index contributed by atoms with van der Waals surface area (Å²) in [6.07, 6.45) is -4.42. The maximum atomic E-state index is 12.7. The number of aromatic nitrogens is 1. The lowest BCUT2D eigenvalue weighted by Gasteiger charge is -2.36. The zero-order chi connectivity index (χ0) is 20.5. The van der Waals surface area contributed by atoms with E-state index in [-0.39, 0.29) is 11.5 Å². The predicted molar refractivity (Wildman–Crippen MR) is 98.0 cm³/mol. The summed E-state index contributed by atoms with van der Waals surface area (Å²) >= 11 is 0. The van der Waals surface area contributed by atoms with Gasteiger partial charge < -0.3 is 9.80 Å². The van der Waals surface area contributed by atoms with Gasteiger partial charge in [0.2, 0.25) is 0 Å². The number of piperazine rings is 1. The van der Waals surface area contributed by atoms with E-state index in [1.165, 1.54) is 12.1 Å². The molecule has 1 amide bonds. The van der Waals surface area contributed by atoms with E-state index in [9.17, 15) is 23.2 Å². The molecule has 2 aromatic rings. The van der Waals surface area contributed by atoms with Crippen molar-refractivity contribution in [3.63, 3.8) is 0 Å². The number of benzene rings is 1. The van der Waals surface area contributed by atoms with Gasteiger partial charge in [-0.1, -0.05) is 0 Å². The third-order valence-corrected chi connectivity index (χ3v) is 4.79. The van der Waals surface area contributed by atoms with Gasteiger partial charge >= 0.3 is 6.18 Å². The fourth-order valence-corrected chi connectivity index (χ4v) is 3.33. The standard InChI is InChI=1S/C20H19F3N4O/c1-13-11-18(17(12-24)14(2)25-13)26-7-9-27(10-8-26)19(28)15-3-5-16(6-4-15)20(21,22)23/h3-6,11H,7-10H2,1-2H3. The SMILES string of the molecule is Cc1cc(N2CCN(C(=O)c3ccc(C(F)(F)F)cc3)CC2)c(C#N)c(C)n1. The Kier molecular flexibility index (Phi) is 5.27. The molecule has 1 fully saturated rings. The summed E-state index contributed by atoms with van der Waals surface area (Å²) in [7, 11) is 0. The van der Waals surface area contributed by atoms with Crippen molar-refractivity contribution in [2.75, 3.05) is 31.1 Å². The maximum Gasteiger partial charge on any atom is 0.416 e. The highest BCUT2D eigenvalue weighted by molar-refractivity contribution is 5.94. The number of hydrogen-bond donors (Lipinski definition) is 0. The van der Waals surface area contributed by atoms with Crippen LogP contribution in [0.5, 0.6) is 0 Å². The molecule has 1 aromatic carbocycles. The van der Waals surface area contributed by atoms with Crippen molar-refractivity contribution in [2.24, 2.45) is 0 Å². The number of anilines is 1. The van der Waals surface area contributed by atoms with Gasteiger partial charge in [-0.3, -0.25) is 9.78 Å². The second kappa shape index (κ2) is 7.50. The van der Waals surface area contributed by atoms with E-state index in [1.54, 1.807) is 11.8 Å². The summed E-state index contributed by atoms with van der Waals surface area (Å²) in [6, 6.07) is 8.31. The number of hydrogen-bond acceptors (Lipinski definition) is 4. The summed E-state index contributed by atoms with van der Waals surface area (Å²) in [4.78, 5) is 20.6. The predicted octanol–water partition coefficient (Wildman–Crippen LogP) is 3.55. The molecule has 1 aromatic heterocycles. The maximum absolute atomic E-state index is 12.7. The number of carbonyl (C=O) groups is 1. The van der Waals surface area contributed by atoms with E-state index in [4.69, 9.17) is 0 Å². The number of nitriles is 1. The third-order valence-electron chi connectivity index (χ3n) is 4.79. The molecule has 146 valence electrons. The molecule has 0 unspecified atom stereocenters. The number of nitrogens with zero attached hydrogens (tertiary/aromatic N) is 4. The van der Waals surface area contributed by atoms with Crippen LogP contribution in [0.4, 0.5) is 18.9 Å². The molecule has 2 heterocycles. The lowest BCUT2D eigenvalue weighted by atomic mass is 10.1. The van der Waals surface area contributed by atoms with E-state index in [0.717, 1.165) is 23.5 Å². The number of aryl methyl sites for hydroxylation is 2. The molecule has 0 aliphatic carbocycles. The van der Waals surface area contributed by atoms with E-state index >= 15 is 0 Å². The smallest absolute Gasteiger partial charge is 0.367 e. The number of pyridine rings is 1. The molecule has 8 heteroatoms. The van der Waals surface area contributed by atoms with Gasteiger partial charge in [-0.15, -0.1) is 0 Å². The molecule has 1 saturated heterocycles. The van der Waals surface area contributed by atoms with Gasteiger partial charge in [-0.25, -0.2) is 0 Å². The Morgan fingerprint density at radius 1 is 1.11 bits per heavy atom. The van der Waals surface area contributed by atoms with E-state index in [1.807, 2.05) is 17.9 Å². The van der Waals surface area contributed by atoms with E-state index in [0.29, 0.717) is 37.4 Å². The average Bonchev–Trinajstić information content (AvgIpc) is 2.66. The second-order valence-corrected chi connectivity index (χ2v) is 6.71. The van der Waals surface area contributed by atoms with Gasteiger partial charge in [0.05, 0.1) is 22.5 Å². The number of alkyl halides is 3. The first-order chi connectivity index (χ1) is 13.2. The molecule has 28 heavy (non-hydrogen) atoms. The fraction of sp³-hybridized carbons (Fsp3) is 0.350. The van der Waals surface area contributed by atoms with Crippen LogP contribution in [0.1, 0.15) is 32.9 Å². The molecule has 0 radical (unpaired) electrons. The Morgan fingerprint density at radius 3 is 2.25 bits per heavy atom. The van der Waals surface area contributed by atoms with Crippen LogP contribution < -0.4 is 4.90 Å². The molecule has 1 aliphatic rings. The van der Waals surface area contributed by atoms with Crippen LogP contribution in [0.3, 0.4) is 0 Å². The molecule has 0 N–H and O–H groups in total. The Bertz CT molecular complexity index is 924. The van der Waals surface area contributed by atoms with Crippen LogP contribution in [0, 0.1) is 25.2 Å². The van der Waals surface area contributed by atoms with Gasteiger partial charge in [-0.2, -0.15) is 18.4 Å². The molecule has 5 nitrogen and oxygen atoms in total. The third kappa shape index (κ3) is 3.93. The highest BCUT2D eigenvalue weighted by atomic mass is 19.4. The lowest BCUT2D eigenvalue weighted by molar-refractivity contribution is -0.137. The van der Waals surface area contributed by atoms with Gasteiger partial charge in [0.1, 0.15) is 6.07 Å². The van der Waals surface area contributed by atoms with Crippen molar-refractivity contribution in [3.05, 3.63) is 58.4 Å². The Balaban J connectivity index is 1.71. The largest absolute Gasteiger partial charge is 0.416 e. The molecule has 0 spiro atoms. The summed E-state index contributed by atoms with van der Waals surface area (Å²) in [5.74, 6) is -0.295. The summed E-state index contributed by atoms with van der Waals surface area (Å²) in [6.45, 7) is 5.56. The normalized spacial score (nSPS) is 14.7. The minimum absolute atomic E-state index is 0.231. The summed E-state index contributed by atoms with van der Waals surface area (Å²) in [5.41, 5.74) is 2.26. The van der Waals surface area contributed by atoms with Crippen LogP contribution >= 0.6 is 0 Å². The van der Waals surface area contributed by atoms with Crippen molar-refractivity contribution in [3.8, 4) is 6.07 Å². The van der Waals surface area contributed by atoms with Crippen molar-refractivity contribution in [2.45, 2.75) is 20.0 Å². The quantitative estimate of drug-likeness (QED) is 0.790. The molecular weight excluding hydrogens is 369 g/mol. The topological polar surface area (TPSA) is 60.2 Å². The number of amides is 1. The molecule has 3 rings (SSSR count). The summed E-state index contributed by atoms with van der Waals surface area (Å²) < 4.78 is 38.0. The van der Waals surface area contributed by atoms with Crippen molar-refractivity contribution in [1.29, 1.82) is 5.26 Å². The Hall–Kier alpha value is -3.08. The van der Waals surface area contributed by atoms with E-state index < -0.39 is 11.7 Å². The zero-order valence-corrected chi connectivity index (χ0v) is 15.5. The number of carbonyl (C=O) groups excluding carboxylic acids is 1. The second-order valence-electron chi connectivity index (χ2n) is 6.71. The van der Waals surface area contributed by atoms with Crippen LogP contribution in [-0.4, -0.2) is 42.0 Å².